The first-order valence-electron chi connectivity index (χ1n) is 5.62. The molecule has 1 heterocycles. The van der Waals surface area contributed by atoms with Crippen LogP contribution in [0, 0.1) is 0 Å². The highest BCUT2D eigenvalue weighted by Gasteiger charge is 2.21. The monoisotopic (exact) mass is 271 g/mol. The van der Waals surface area contributed by atoms with Crippen LogP contribution in [0.3, 0.4) is 0 Å². The average molecular weight is 272 g/mol. The standard InChI is InChI=1S/C12H14ClNO4/c1-2-16-11(15)5-9(14)7-3-8(13)12-10(4-7)17-6-18-12/h3-4,9H,2,5-6,14H2,1H3/t9-/m1/s1. The summed E-state index contributed by atoms with van der Waals surface area (Å²) in [5, 5.41) is 0.430. The molecule has 18 heavy (non-hydrogen) atoms. The number of hydrogen-bond donors (Lipinski definition) is 1. The van der Waals surface area contributed by atoms with E-state index in [0.29, 0.717) is 23.1 Å². The summed E-state index contributed by atoms with van der Waals surface area (Å²) >= 11 is 6.04. The predicted octanol–water partition coefficient (Wildman–Crippen LogP) is 2.02. The number of fused-ring (bicyclic) bond motifs is 1. The van der Waals surface area contributed by atoms with Crippen molar-refractivity contribution in [2.75, 3.05) is 13.4 Å². The van der Waals surface area contributed by atoms with Crippen molar-refractivity contribution >= 4 is 17.6 Å². The van der Waals surface area contributed by atoms with Gasteiger partial charge in [-0.15, -0.1) is 0 Å². The van der Waals surface area contributed by atoms with Crippen LogP contribution in [0.2, 0.25) is 5.02 Å². The molecule has 1 aliphatic rings. The zero-order valence-corrected chi connectivity index (χ0v) is 10.7. The van der Waals surface area contributed by atoms with Gasteiger partial charge in [-0.3, -0.25) is 4.79 Å². The number of hydrogen-bond acceptors (Lipinski definition) is 5. The van der Waals surface area contributed by atoms with Gasteiger partial charge in [-0.25, -0.2) is 0 Å². The molecule has 6 heteroatoms. The second-order valence-corrected chi connectivity index (χ2v) is 4.26. The third-order valence-corrected chi connectivity index (χ3v) is 2.85. The molecular formula is C12H14ClNO4. The highest BCUT2D eigenvalue weighted by Crippen LogP contribution is 2.41. The minimum Gasteiger partial charge on any atom is -0.466 e. The summed E-state index contributed by atoms with van der Waals surface area (Å²) in [6, 6.07) is 2.94. The first kappa shape index (κ1) is 13.0. The van der Waals surface area contributed by atoms with E-state index < -0.39 is 6.04 Å². The number of rotatable bonds is 4. The molecule has 1 aliphatic heterocycles. The molecule has 0 radical (unpaired) electrons. The normalized spacial score (nSPS) is 14.4. The Hall–Kier alpha value is -1.46. The van der Waals surface area contributed by atoms with Crippen molar-refractivity contribution in [3.05, 3.63) is 22.7 Å². The second kappa shape index (κ2) is 5.46. The number of carbonyl (C=O) groups excluding carboxylic acids is 1. The van der Waals surface area contributed by atoms with Crippen LogP contribution in [0.1, 0.15) is 24.9 Å². The Kier molecular flexibility index (Phi) is 3.93. The van der Waals surface area contributed by atoms with Crippen LogP contribution in [0.5, 0.6) is 11.5 Å². The van der Waals surface area contributed by atoms with Crippen LogP contribution in [-0.2, 0) is 9.53 Å². The fourth-order valence-corrected chi connectivity index (χ4v) is 1.99. The Balaban J connectivity index is 2.13. The molecule has 0 spiro atoms. The molecule has 0 saturated carbocycles. The molecule has 2 rings (SSSR count). The average Bonchev–Trinajstić information content (AvgIpc) is 2.77. The van der Waals surface area contributed by atoms with Gasteiger partial charge in [-0.1, -0.05) is 11.6 Å². The molecule has 0 fully saturated rings. The first-order chi connectivity index (χ1) is 8.61. The number of benzene rings is 1. The Labute approximate surface area is 110 Å². The molecular weight excluding hydrogens is 258 g/mol. The quantitative estimate of drug-likeness (QED) is 0.849. The molecule has 1 atom stereocenters. The van der Waals surface area contributed by atoms with Crippen molar-refractivity contribution in [2.45, 2.75) is 19.4 Å². The zero-order valence-electron chi connectivity index (χ0n) is 9.94. The van der Waals surface area contributed by atoms with Gasteiger partial charge >= 0.3 is 5.97 Å². The lowest BCUT2D eigenvalue weighted by Crippen LogP contribution is -2.17. The van der Waals surface area contributed by atoms with E-state index in [0.717, 1.165) is 5.56 Å². The van der Waals surface area contributed by atoms with E-state index >= 15 is 0 Å². The van der Waals surface area contributed by atoms with E-state index in [1.54, 1.807) is 19.1 Å². The topological polar surface area (TPSA) is 70.8 Å². The first-order valence-corrected chi connectivity index (χ1v) is 6.00. The van der Waals surface area contributed by atoms with Gasteiger partial charge in [0.15, 0.2) is 11.5 Å². The smallest absolute Gasteiger partial charge is 0.307 e. The van der Waals surface area contributed by atoms with Gasteiger partial charge in [0.05, 0.1) is 18.1 Å². The molecule has 0 aromatic heterocycles. The van der Waals surface area contributed by atoms with E-state index in [1.807, 2.05) is 0 Å². The van der Waals surface area contributed by atoms with Crippen molar-refractivity contribution in [3.63, 3.8) is 0 Å². The zero-order chi connectivity index (χ0) is 13.1. The van der Waals surface area contributed by atoms with Crippen LogP contribution >= 0.6 is 11.6 Å². The summed E-state index contributed by atoms with van der Waals surface area (Å²) in [6.45, 7) is 2.24. The highest BCUT2D eigenvalue weighted by molar-refractivity contribution is 6.32. The maximum absolute atomic E-state index is 11.4. The van der Waals surface area contributed by atoms with E-state index in [1.165, 1.54) is 0 Å². The fraction of sp³-hybridized carbons (Fsp3) is 0.417. The second-order valence-electron chi connectivity index (χ2n) is 3.85. The Morgan fingerprint density at radius 1 is 1.56 bits per heavy atom. The Morgan fingerprint density at radius 3 is 3.06 bits per heavy atom. The van der Waals surface area contributed by atoms with Crippen molar-refractivity contribution in [3.8, 4) is 11.5 Å². The number of halogens is 1. The summed E-state index contributed by atoms with van der Waals surface area (Å²) in [7, 11) is 0. The van der Waals surface area contributed by atoms with Gasteiger partial charge in [-0.2, -0.15) is 0 Å². The summed E-state index contributed by atoms with van der Waals surface area (Å²) in [5.74, 6) is 0.736. The SMILES string of the molecule is CCOC(=O)C[C@@H](N)c1cc(Cl)c2c(c1)OCO2. The van der Waals surface area contributed by atoms with Crippen molar-refractivity contribution in [1.82, 2.24) is 0 Å². The van der Waals surface area contributed by atoms with Gasteiger partial charge in [0.1, 0.15) is 0 Å². The van der Waals surface area contributed by atoms with Crippen LogP contribution in [0.25, 0.3) is 0 Å². The van der Waals surface area contributed by atoms with Crippen LogP contribution in [0.15, 0.2) is 12.1 Å². The number of esters is 1. The number of carbonyl (C=O) groups is 1. The molecule has 0 bridgehead atoms. The van der Waals surface area contributed by atoms with Gasteiger partial charge < -0.3 is 19.9 Å². The van der Waals surface area contributed by atoms with Crippen molar-refractivity contribution in [1.29, 1.82) is 0 Å². The fourth-order valence-electron chi connectivity index (χ4n) is 1.72. The van der Waals surface area contributed by atoms with Crippen LogP contribution < -0.4 is 15.2 Å². The largest absolute Gasteiger partial charge is 0.466 e. The molecule has 2 N–H and O–H groups in total. The predicted molar refractivity (Wildman–Crippen MR) is 65.8 cm³/mol. The number of nitrogens with two attached hydrogens (primary N) is 1. The molecule has 0 saturated heterocycles. The molecule has 1 aromatic rings. The molecule has 0 aliphatic carbocycles. The maximum Gasteiger partial charge on any atom is 0.307 e. The van der Waals surface area contributed by atoms with Gasteiger partial charge in [0.25, 0.3) is 0 Å². The van der Waals surface area contributed by atoms with Crippen molar-refractivity contribution in [2.24, 2.45) is 5.73 Å². The minimum absolute atomic E-state index is 0.101. The van der Waals surface area contributed by atoms with E-state index in [2.05, 4.69) is 0 Å². The number of ether oxygens (including phenoxy) is 3. The lowest BCUT2D eigenvalue weighted by Gasteiger charge is -2.12. The summed E-state index contributed by atoms with van der Waals surface area (Å²) < 4.78 is 15.3. The van der Waals surface area contributed by atoms with Gasteiger partial charge in [0, 0.05) is 6.04 Å². The van der Waals surface area contributed by atoms with Gasteiger partial charge in [0.2, 0.25) is 6.79 Å². The molecule has 98 valence electrons. The maximum atomic E-state index is 11.4. The van der Waals surface area contributed by atoms with E-state index in [9.17, 15) is 4.79 Å². The lowest BCUT2D eigenvalue weighted by atomic mass is 10.0. The molecule has 0 unspecified atom stereocenters. The third kappa shape index (κ3) is 2.68. The highest BCUT2D eigenvalue weighted by atomic mass is 35.5. The van der Waals surface area contributed by atoms with Crippen molar-refractivity contribution < 1.29 is 19.0 Å². The summed E-state index contributed by atoms with van der Waals surface area (Å²) in [6.07, 6.45) is 0.101. The third-order valence-electron chi connectivity index (χ3n) is 2.57. The summed E-state index contributed by atoms with van der Waals surface area (Å²) in [4.78, 5) is 11.4. The Bertz CT molecular complexity index is 464. The van der Waals surface area contributed by atoms with E-state index in [-0.39, 0.29) is 19.2 Å². The molecule has 1 aromatic carbocycles. The Morgan fingerprint density at radius 2 is 2.33 bits per heavy atom. The van der Waals surface area contributed by atoms with Gasteiger partial charge in [-0.05, 0) is 24.6 Å². The van der Waals surface area contributed by atoms with E-state index in [4.69, 9.17) is 31.5 Å². The minimum atomic E-state index is -0.476. The van der Waals surface area contributed by atoms with Crippen LogP contribution in [0.4, 0.5) is 0 Å². The molecule has 0 amide bonds. The lowest BCUT2D eigenvalue weighted by molar-refractivity contribution is -0.143. The summed E-state index contributed by atoms with van der Waals surface area (Å²) in [5.41, 5.74) is 6.65. The van der Waals surface area contributed by atoms with Crippen LogP contribution in [-0.4, -0.2) is 19.4 Å². The molecule has 5 nitrogen and oxygen atoms in total.